The lowest BCUT2D eigenvalue weighted by Crippen LogP contribution is -2.37. The molecule has 2 heterocycles. The predicted molar refractivity (Wildman–Crippen MR) is 140 cm³/mol. The summed E-state index contributed by atoms with van der Waals surface area (Å²) in [7, 11) is -3.29. The number of sulfone groups is 1. The molecule has 0 unspecified atom stereocenters. The van der Waals surface area contributed by atoms with Crippen LogP contribution in [0.25, 0.3) is 11.3 Å². The van der Waals surface area contributed by atoms with Crippen LogP contribution in [0.3, 0.4) is 0 Å². The number of hydrogen-bond donors (Lipinski definition) is 1. The van der Waals surface area contributed by atoms with Gasteiger partial charge in [0.1, 0.15) is 23.2 Å². The third-order valence-corrected chi connectivity index (χ3v) is 8.59. The number of aliphatic imine (C=N–C) groups is 2. The molecule has 5 rings (SSSR count). The van der Waals surface area contributed by atoms with Crippen molar-refractivity contribution in [3.05, 3.63) is 70.7 Å². The minimum Gasteiger partial charge on any atom is -0.271 e. The molecule has 2 aromatic heterocycles. The summed E-state index contributed by atoms with van der Waals surface area (Å²) in [5, 5.41) is 15.6. The molecule has 0 radical (unpaired) electrons. The number of aromatic amines is 1. The highest BCUT2D eigenvalue weighted by atomic mass is 32.2. The fourth-order valence-electron chi connectivity index (χ4n) is 6.08. The van der Waals surface area contributed by atoms with E-state index in [9.17, 15) is 17.2 Å². The van der Waals surface area contributed by atoms with Gasteiger partial charge in [0.2, 0.25) is 0 Å². The van der Waals surface area contributed by atoms with Crippen molar-refractivity contribution >= 4 is 22.3 Å². The average Bonchev–Trinajstić information content (AvgIpc) is 3.45. The van der Waals surface area contributed by atoms with E-state index >= 15 is 0 Å². The van der Waals surface area contributed by atoms with E-state index in [1.54, 1.807) is 19.2 Å². The van der Waals surface area contributed by atoms with E-state index in [-0.39, 0.29) is 40.0 Å². The molecular formula is C26H27F2N7O2S. The van der Waals surface area contributed by atoms with E-state index < -0.39 is 26.9 Å². The first-order chi connectivity index (χ1) is 17.9. The van der Waals surface area contributed by atoms with Gasteiger partial charge in [0.15, 0.2) is 15.7 Å². The van der Waals surface area contributed by atoms with Crippen LogP contribution < -0.4 is 0 Å². The molecule has 3 aromatic rings. The minimum atomic E-state index is -3.29. The van der Waals surface area contributed by atoms with Crippen LogP contribution in [-0.2, 0) is 21.0 Å². The molecule has 2 aliphatic carbocycles. The second-order valence-electron chi connectivity index (χ2n) is 10.4. The number of nitrogens with zero attached hydrogens (tertiary/aromatic N) is 6. The van der Waals surface area contributed by atoms with Gasteiger partial charge in [0.05, 0.1) is 33.8 Å². The van der Waals surface area contributed by atoms with E-state index in [4.69, 9.17) is 4.99 Å². The maximum absolute atomic E-state index is 14.5. The number of H-pyrrole nitrogens is 1. The van der Waals surface area contributed by atoms with Gasteiger partial charge in [-0.1, -0.05) is 19.9 Å². The Balaban J connectivity index is 1.61. The maximum Gasteiger partial charge on any atom is 0.195 e. The Hall–Kier alpha value is -3.67. The number of rotatable bonds is 7. The Morgan fingerprint density at radius 3 is 2.63 bits per heavy atom. The summed E-state index contributed by atoms with van der Waals surface area (Å²) >= 11 is 0. The van der Waals surface area contributed by atoms with Gasteiger partial charge < -0.3 is 0 Å². The lowest BCUT2D eigenvalue weighted by molar-refractivity contribution is 0.241. The normalized spacial score (nSPS) is 22.5. The topological polar surface area (TPSA) is 126 Å². The first kappa shape index (κ1) is 26.0. The first-order valence-corrected chi connectivity index (χ1v) is 14.1. The molecular weight excluding hydrogens is 512 g/mol. The van der Waals surface area contributed by atoms with Gasteiger partial charge in [0, 0.05) is 12.5 Å². The van der Waals surface area contributed by atoms with Crippen LogP contribution in [0.15, 0.2) is 46.1 Å². The standard InChI is InChI=1S/C26H27F2N7O2S/c1-14(24-31-21(33-35-24)13-38(5,36)37)30-20(12-29-4)26-10-9-16(25(26,2)3)15-11-19(32-34-23(15)26)22-17(27)7-6-8-18(22)28/h6-8,11-12,16H,4,9-10,13H2,1-3,5H3,(H,31,33,35)/b20-12-,30-14?/t16-,26-/m0/s1. The third-order valence-electron chi connectivity index (χ3n) is 7.79. The Morgan fingerprint density at radius 2 is 1.97 bits per heavy atom. The number of hydrogen-bond acceptors (Lipinski definition) is 8. The van der Waals surface area contributed by atoms with Crippen LogP contribution in [0.2, 0.25) is 0 Å². The van der Waals surface area contributed by atoms with Crippen molar-refractivity contribution in [2.45, 2.75) is 50.7 Å². The first-order valence-electron chi connectivity index (χ1n) is 12.0. The zero-order chi connectivity index (χ0) is 27.5. The maximum atomic E-state index is 14.5. The van der Waals surface area contributed by atoms with Gasteiger partial charge in [0.25, 0.3) is 0 Å². The van der Waals surface area contributed by atoms with E-state index in [0.29, 0.717) is 23.5 Å². The van der Waals surface area contributed by atoms with Crippen LogP contribution >= 0.6 is 0 Å². The van der Waals surface area contributed by atoms with Crippen molar-refractivity contribution in [3.63, 3.8) is 0 Å². The van der Waals surface area contributed by atoms with Crippen LogP contribution in [0.4, 0.5) is 8.78 Å². The molecule has 9 nitrogen and oxygen atoms in total. The number of allylic oxidation sites excluding steroid dienone is 1. The van der Waals surface area contributed by atoms with Crippen molar-refractivity contribution in [2.75, 3.05) is 6.26 Å². The molecule has 12 heteroatoms. The Labute approximate surface area is 219 Å². The Morgan fingerprint density at radius 1 is 1.26 bits per heavy atom. The van der Waals surface area contributed by atoms with E-state index in [2.05, 4.69) is 50.9 Å². The number of aromatic nitrogens is 5. The summed E-state index contributed by atoms with van der Waals surface area (Å²) < 4.78 is 52.3. The highest BCUT2D eigenvalue weighted by molar-refractivity contribution is 7.89. The molecule has 1 aromatic carbocycles. The molecule has 2 bridgehead atoms. The molecule has 1 saturated carbocycles. The summed E-state index contributed by atoms with van der Waals surface area (Å²) in [5.41, 5.74) is 1.48. The highest BCUT2D eigenvalue weighted by Gasteiger charge is 2.65. The van der Waals surface area contributed by atoms with Crippen LogP contribution in [-0.4, -0.2) is 52.5 Å². The lowest BCUT2D eigenvalue weighted by Gasteiger charge is -2.38. The van der Waals surface area contributed by atoms with Gasteiger partial charge in [-0.3, -0.25) is 15.1 Å². The zero-order valence-corrected chi connectivity index (χ0v) is 22.3. The summed E-state index contributed by atoms with van der Waals surface area (Å²) in [5.74, 6) is -1.14. The largest absolute Gasteiger partial charge is 0.271 e. The predicted octanol–water partition coefficient (Wildman–Crippen LogP) is 4.29. The quantitative estimate of drug-likeness (QED) is 0.447. The van der Waals surface area contributed by atoms with Gasteiger partial charge >= 0.3 is 0 Å². The molecule has 1 fully saturated rings. The van der Waals surface area contributed by atoms with Gasteiger partial charge in [-0.15, -0.1) is 5.10 Å². The molecule has 38 heavy (non-hydrogen) atoms. The highest BCUT2D eigenvalue weighted by Crippen LogP contribution is 2.70. The number of benzene rings is 1. The minimum absolute atomic E-state index is 0.0511. The van der Waals surface area contributed by atoms with Gasteiger partial charge in [-0.2, -0.15) is 10.2 Å². The number of halogens is 2. The average molecular weight is 540 g/mol. The molecule has 2 atom stereocenters. The van der Waals surface area contributed by atoms with E-state index in [1.807, 2.05) is 0 Å². The van der Waals surface area contributed by atoms with Crippen molar-refractivity contribution in [3.8, 4) is 11.3 Å². The number of fused-ring (bicyclic) bond motifs is 5. The SMILES string of the molecule is C=N/C=C(\N=C(C)c1n[nH]c(CS(C)(=O)=O)n1)[C@@]12CC[C@@H](c3cc(-c4c(F)cccc4F)nnc31)C2(C)C. The molecule has 198 valence electrons. The second kappa shape index (κ2) is 8.97. The Kier molecular flexibility index (Phi) is 6.13. The summed E-state index contributed by atoms with van der Waals surface area (Å²) in [6, 6.07) is 5.44. The van der Waals surface area contributed by atoms with Crippen molar-refractivity contribution in [2.24, 2.45) is 15.4 Å². The summed E-state index contributed by atoms with van der Waals surface area (Å²) in [6.07, 6.45) is 4.23. The molecule has 2 aliphatic rings. The molecule has 0 spiro atoms. The van der Waals surface area contributed by atoms with Crippen molar-refractivity contribution < 1.29 is 17.2 Å². The van der Waals surface area contributed by atoms with Crippen LogP contribution in [0.1, 0.15) is 62.4 Å². The van der Waals surface area contributed by atoms with Gasteiger partial charge in [-0.05, 0) is 61.6 Å². The van der Waals surface area contributed by atoms with Gasteiger partial charge in [-0.25, -0.2) is 22.2 Å². The fourth-order valence-corrected chi connectivity index (χ4v) is 6.70. The molecule has 0 saturated heterocycles. The van der Waals surface area contributed by atoms with Crippen molar-refractivity contribution in [1.29, 1.82) is 0 Å². The monoisotopic (exact) mass is 539 g/mol. The third kappa shape index (κ3) is 3.98. The fraction of sp³-hybridized carbons (Fsp3) is 0.385. The second-order valence-corrected chi connectivity index (χ2v) is 12.6. The van der Waals surface area contributed by atoms with E-state index in [1.165, 1.54) is 18.2 Å². The zero-order valence-electron chi connectivity index (χ0n) is 21.5. The molecule has 0 amide bonds. The van der Waals surface area contributed by atoms with Crippen LogP contribution in [0.5, 0.6) is 0 Å². The lowest BCUT2D eigenvalue weighted by atomic mass is 9.66. The summed E-state index contributed by atoms with van der Waals surface area (Å²) in [4.78, 5) is 13.2. The molecule has 1 N–H and O–H groups in total. The van der Waals surface area contributed by atoms with E-state index in [0.717, 1.165) is 18.2 Å². The van der Waals surface area contributed by atoms with Crippen molar-refractivity contribution in [1.82, 2.24) is 25.4 Å². The number of nitrogens with one attached hydrogen (secondary N) is 1. The van der Waals surface area contributed by atoms with Crippen LogP contribution in [0, 0.1) is 17.0 Å². The smallest absolute Gasteiger partial charge is 0.195 e. The Bertz CT molecular complexity index is 1610. The summed E-state index contributed by atoms with van der Waals surface area (Å²) in [6.45, 7) is 9.60. The molecule has 0 aliphatic heterocycles.